The molecule has 11 heavy (non-hydrogen) atoms. The zero-order valence-corrected chi connectivity index (χ0v) is 7.44. The third kappa shape index (κ3) is 1.74. The number of carbonyl (C=O) groups excluding carboxylic acids is 1. The van der Waals surface area contributed by atoms with Gasteiger partial charge in [-0.05, 0) is 24.3 Å². The lowest BCUT2D eigenvalue weighted by Gasteiger charge is -1.94. The summed E-state index contributed by atoms with van der Waals surface area (Å²) in [5, 5.41) is 0.291. The molecular formula is C8H11ClO2. The molecule has 3 heteroatoms. The maximum atomic E-state index is 10.8. The Hall–Kier alpha value is -0.500. The molecule has 0 amide bonds. The summed E-state index contributed by atoms with van der Waals surface area (Å²) in [4.78, 5) is 10.8. The minimum absolute atomic E-state index is 0.291. The molecule has 0 N–H and O–H groups in total. The Balaban J connectivity index is 2.61. The molecule has 0 aromatic heterocycles. The van der Waals surface area contributed by atoms with Crippen molar-refractivity contribution in [3.05, 3.63) is 10.6 Å². The second-order valence-corrected chi connectivity index (χ2v) is 3.02. The van der Waals surface area contributed by atoms with Crippen molar-refractivity contribution in [2.24, 2.45) is 5.92 Å². The van der Waals surface area contributed by atoms with Crippen molar-refractivity contribution in [1.82, 2.24) is 0 Å². The van der Waals surface area contributed by atoms with E-state index in [0.29, 0.717) is 11.0 Å². The third-order valence-electron chi connectivity index (χ3n) is 1.94. The van der Waals surface area contributed by atoms with Crippen molar-refractivity contribution in [2.75, 3.05) is 7.11 Å². The topological polar surface area (TPSA) is 26.3 Å². The highest BCUT2D eigenvalue weighted by atomic mass is 35.5. The van der Waals surface area contributed by atoms with Gasteiger partial charge in [0.05, 0.1) is 7.11 Å². The molecular weight excluding hydrogens is 164 g/mol. The van der Waals surface area contributed by atoms with E-state index < -0.39 is 5.97 Å². The molecule has 1 aliphatic rings. The summed E-state index contributed by atoms with van der Waals surface area (Å²) in [5.41, 5.74) is 1.06. The maximum Gasteiger partial charge on any atom is 0.349 e. The van der Waals surface area contributed by atoms with E-state index >= 15 is 0 Å². The summed E-state index contributed by atoms with van der Waals surface area (Å²) in [7, 11) is 1.34. The van der Waals surface area contributed by atoms with Gasteiger partial charge < -0.3 is 4.74 Å². The van der Waals surface area contributed by atoms with Crippen LogP contribution in [0.3, 0.4) is 0 Å². The molecule has 0 aromatic rings. The molecule has 0 spiro atoms. The Morgan fingerprint density at radius 1 is 1.82 bits per heavy atom. The van der Waals surface area contributed by atoms with Crippen molar-refractivity contribution >= 4 is 17.6 Å². The zero-order chi connectivity index (χ0) is 8.43. The van der Waals surface area contributed by atoms with Crippen LogP contribution >= 0.6 is 11.6 Å². The van der Waals surface area contributed by atoms with Gasteiger partial charge in [0, 0.05) is 0 Å². The van der Waals surface area contributed by atoms with E-state index in [0.717, 1.165) is 18.4 Å². The van der Waals surface area contributed by atoms with Crippen molar-refractivity contribution < 1.29 is 9.53 Å². The molecule has 0 bridgehead atoms. The summed E-state index contributed by atoms with van der Waals surface area (Å²) >= 11 is 5.71. The van der Waals surface area contributed by atoms with Crippen molar-refractivity contribution in [1.29, 1.82) is 0 Å². The fourth-order valence-corrected chi connectivity index (χ4v) is 1.40. The lowest BCUT2D eigenvalue weighted by atomic mass is 10.3. The smallest absolute Gasteiger partial charge is 0.349 e. The predicted octanol–water partition coefficient (Wildman–Crippen LogP) is 2.08. The van der Waals surface area contributed by atoms with Crippen LogP contribution in [-0.2, 0) is 9.53 Å². The second kappa shape index (κ2) is 3.26. The monoisotopic (exact) mass is 174 g/mol. The molecule has 1 fully saturated rings. The van der Waals surface area contributed by atoms with E-state index in [1.165, 1.54) is 7.11 Å². The van der Waals surface area contributed by atoms with Gasteiger partial charge in [-0.2, -0.15) is 0 Å². The minimum Gasteiger partial charge on any atom is -0.465 e. The van der Waals surface area contributed by atoms with Crippen molar-refractivity contribution in [3.8, 4) is 0 Å². The van der Waals surface area contributed by atoms with Crippen LogP contribution in [0.15, 0.2) is 10.6 Å². The first kappa shape index (κ1) is 8.60. The maximum absolute atomic E-state index is 10.8. The van der Waals surface area contributed by atoms with Crippen LogP contribution in [0.4, 0.5) is 0 Å². The Bertz CT molecular complexity index is 208. The molecule has 2 nitrogen and oxygen atoms in total. The Kier molecular flexibility index (Phi) is 2.55. The summed E-state index contributed by atoms with van der Waals surface area (Å²) in [6, 6.07) is 0. The number of allylic oxidation sites excluding steroid dienone is 1. The summed E-state index contributed by atoms with van der Waals surface area (Å²) in [6.45, 7) is 2.08. The average molecular weight is 175 g/mol. The number of carbonyl (C=O) groups is 1. The summed E-state index contributed by atoms with van der Waals surface area (Å²) in [6.07, 6.45) is 2.02. The highest BCUT2D eigenvalue weighted by Gasteiger charge is 2.33. The highest BCUT2D eigenvalue weighted by Crippen LogP contribution is 2.43. The Morgan fingerprint density at radius 3 is 2.82 bits per heavy atom. The molecule has 1 atom stereocenters. The van der Waals surface area contributed by atoms with Crippen molar-refractivity contribution in [3.63, 3.8) is 0 Å². The molecule has 0 saturated heterocycles. The lowest BCUT2D eigenvalue weighted by molar-refractivity contribution is -0.135. The first-order valence-corrected chi connectivity index (χ1v) is 4.05. The van der Waals surface area contributed by atoms with Crippen LogP contribution in [0.5, 0.6) is 0 Å². The van der Waals surface area contributed by atoms with Crippen LogP contribution in [0.2, 0.25) is 0 Å². The number of methoxy groups -OCH3 is 1. The van der Waals surface area contributed by atoms with Gasteiger partial charge in [-0.1, -0.05) is 18.5 Å². The van der Waals surface area contributed by atoms with Crippen LogP contribution in [-0.4, -0.2) is 13.1 Å². The predicted molar refractivity (Wildman–Crippen MR) is 43.3 cm³/mol. The van der Waals surface area contributed by atoms with Crippen LogP contribution < -0.4 is 0 Å². The molecule has 1 saturated carbocycles. The first-order valence-electron chi connectivity index (χ1n) is 3.67. The quantitative estimate of drug-likeness (QED) is 0.473. The number of rotatable bonds is 2. The first-order chi connectivity index (χ1) is 5.20. The number of halogens is 1. The number of ether oxygens (including phenoxy) is 1. The summed E-state index contributed by atoms with van der Waals surface area (Å²) < 4.78 is 4.48. The molecule has 1 rings (SSSR count). The van der Waals surface area contributed by atoms with Gasteiger partial charge in [0.25, 0.3) is 0 Å². The minimum atomic E-state index is -0.405. The van der Waals surface area contributed by atoms with E-state index in [1.807, 2.05) is 0 Å². The fourth-order valence-electron chi connectivity index (χ4n) is 1.09. The molecule has 62 valence electrons. The number of hydrogen-bond donors (Lipinski definition) is 0. The van der Waals surface area contributed by atoms with E-state index in [4.69, 9.17) is 11.6 Å². The van der Waals surface area contributed by atoms with E-state index in [9.17, 15) is 4.79 Å². The SMILES string of the molecule is CCC1C/C1=C(\Cl)C(=O)OC. The Labute approximate surface area is 71.2 Å². The van der Waals surface area contributed by atoms with Gasteiger partial charge in [-0.3, -0.25) is 0 Å². The van der Waals surface area contributed by atoms with E-state index in [-0.39, 0.29) is 0 Å². The second-order valence-electron chi connectivity index (χ2n) is 2.64. The van der Waals surface area contributed by atoms with Gasteiger partial charge in [-0.15, -0.1) is 0 Å². The largest absolute Gasteiger partial charge is 0.465 e. The average Bonchev–Trinajstić information content (AvgIpc) is 2.80. The zero-order valence-electron chi connectivity index (χ0n) is 6.69. The summed E-state index contributed by atoms with van der Waals surface area (Å²) in [5.74, 6) is 0.124. The molecule has 1 unspecified atom stereocenters. The van der Waals surface area contributed by atoms with Crippen LogP contribution in [0.25, 0.3) is 0 Å². The van der Waals surface area contributed by atoms with Gasteiger partial charge in [-0.25, -0.2) is 4.79 Å². The standard InChI is InChI=1S/C8H11ClO2/c1-3-5-4-6(5)7(9)8(10)11-2/h5H,3-4H2,1-2H3/b7-6+. The van der Waals surface area contributed by atoms with E-state index in [1.54, 1.807) is 0 Å². The third-order valence-corrected chi connectivity index (χ3v) is 2.34. The number of hydrogen-bond acceptors (Lipinski definition) is 2. The molecule has 1 aliphatic carbocycles. The van der Waals surface area contributed by atoms with Gasteiger partial charge in [0.1, 0.15) is 5.03 Å². The lowest BCUT2D eigenvalue weighted by Crippen LogP contribution is -1.99. The molecule has 0 radical (unpaired) electrons. The highest BCUT2D eigenvalue weighted by molar-refractivity contribution is 6.41. The Morgan fingerprint density at radius 2 is 2.45 bits per heavy atom. The van der Waals surface area contributed by atoms with Crippen LogP contribution in [0.1, 0.15) is 19.8 Å². The molecule has 0 aliphatic heterocycles. The molecule has 0 aromatic carbocycles. The van der Waals surface area contributed by atoms with Crippen molar-refractivity contribution in [2.45, 2.75) is 19.8 Å². The van der Waals surface area contributed by atoms with Gasteiger partial charge in [0.15, 0.2) is 0 Å². The van der Waals surface area contributed by atoms with Gasteiger partial charge in [0.2, 0.25) is 0 Å². The fraction of sp³-hybridized carbons (Fsp3) is 0.625. The van der Waals surface area contributed by atoms with Crippen LogP contribution in [0, 0.1) is 5.92 Å². The number of esters is 1. The van der Waals surface area contributed by atoms with E-state index in [2.05, 4.69) is 11.7 Å². The normalized spacial score (nSPS) is 26.3. The molecule has 0 heterocycles. The van der Waals surface area contributed by atoms with Gasteiger partial charge >= 0.3 is 5.97 Å².